The number of thioether (sulfide) groups is 1. The molecule has 0 aromatic heterocycles. The Balaban J connectivity index is 5.01. The predicted molar refractivity (Wildman–Crippen MR) is 86.4 cm³/mol. The van der Waals surface area contributed by atoms with Gasteiger partial charge in [0.2, 0.25) is 11.8 Å². The third kappa shape index (κ3) is 8.13. The van der Waals surface area contributed by atoms with Gasteiger partial charge in [0, 0.05) is 0 Å². The second-order valence-electron chi connectivity index (χ2n) is 5.11. The first-order valence-electron chi connectivity index (χ1n) is 7.08. The van der Waals surface area contributed by atoms with Crippen molar-refractivity contribution in [1.82, 2.24) is 10.6 Å². The number of aliphatic hydroxyl groups excluding tert-OH is 1. The maximum atomic E-state index is 12.1. The van der Waals surface area contributed by atoms with Crippen LogP contribution in [0, 0.1) is 0 Å². The molecule has 0 saturated heterocycles. The van der Waals surface area contributed by atoms with E-state index in [1.54, 1.807) is 6.26 Å². The van der Waals surface area contributed by atoms with Gasteiger partial charge in [0.15, 0.2) is 0 Å². The molecule has 138 valence electrons. The fraction of sp³-hybridized carbons (Fsp3) is 0.692. The van der Waals surface area contributed by atoms with Crippen LogP contribution in [0.4, 0.5) is 0 Å². The molecule has 4 atom stereocenters. The normalized spacial score (nSPS) is 15.7. The highest BCUT2D eigenvalue weighted by atomic mass is 32.2. The summed E-state index contributed by atoms with van der Waals surface area (Å²) in [5.74, 6) is -4.02. The van der Waals surface area contributed by atoms with Gasteiger partial charge in [-0.25, -0.2) is 4.79 Å². The Labute approximate surface area is 143 Å². The molecule has 11 heteroatoms. The van der Waals surface area contributed by atoms with Gasteiger partial charge in [-0.2, -0.15) is 11.8 Å². The molecule has 0 spiro atoms. The minimum absolute atomic E-state index is 0.142. The van der Waals surface area contributed by atoms with Gasteiger partial charge >= 0.3 is 11.9 Å². The van der Waals surface area contributed by atoms with Crippen molar-refractivity contribution in [3.8, 4) is 0 Å². The van der Waals surface area contributed by atoms with Gasteiger partial charge in [-0.3, -0.25) is 14.4 Å². The van der Waals surface area contributed by atoms with E-state index in [0.717, 1.165) is 0 Å². The lowest BCUT2D eigenvalue weighted by atomic mass is 10.1. The fourth-order valence-corrected chi connectivity index (χ4v) is 2.11. The summed E-state index contributed by atoms with van der Waals surface area (Å²) in [6.45, 7) is 1.26. The van der Waals surface area contributed by atoms with E-state index in [0.29, 0.717) is 5.75 Å². The van der Waals surface area contributed by atoms with E-state index in [1.165, 1.54) is 18.7 Å². The highest BCUT2D eigenvalue weighted by molar-refractivity contribution is 7.98. The molecule has 0 heterocycles. The molecule has 0 aromatic carbocycles. The minimum atomic E-state index is -1.50. The number of nitrogens with two attached hydrogens (primary N) is 1. The summed E-state index contributed by atoms with van der Waals surface area (Å²) < 4.78 is 0. The van der Waals surface area contributed by atoms with Crippen molar-refractivity contribution in [2.24, 2.45) is 5.73 Å². The van der Waals surface area contributed by atoms with Crippen LogP contribution in [-0.4, -0.2) is 75.3 Å². The smallest absolute Gasteiger partial charge is 0.326 e. The third-order valence-electron chi connectivity index (χ3n) is 3.06. The fourth-order valence-electron chi connectivity index (χ4n) is 1.64. The van der Waals surface area contributed by atoms with E-state index in [4.69, 9.17) is 15.9 Å². The highest BCUT2D eigenvalue weighted by Gasteiger charge is 2.30. The monoisotopic (exact) mass is 365 g/mol. The summed E-state index contributed by atoms with van der Waals surface area (Å²) in [7, 11) is 0. The Bertz CT molecular complexity index is 472. The van der Waals surface area contributed by atoms with Crippen molar-refractivity contribution >= 4 is 35.5 Å². The van der Waals surface area contributed by atoms with Crippen LogP contribution < -0.4 is 16.4 Å². The minimum Gasteiger partial charge on any atom is -0.481 e. The molecule has 10 nitrogen and oxygen atoms in total. The summed E-state index contributed by atoms with van der Waals surface area (Å²) in [5.41, 5.74) is 5.42. The molecule has 7 N–H and O–H groups in total. The molecule has 0 fully saturated rings. The number of amides is 2. The number of carbonyl (C=O) groups is 4. The molecule has 4 unspecified atom stereocenters. The average Bonchev–Trinajstić information content (AvgIpc) is 2.48. The van der Waals surface area contributed by atoms with Crippen LogP contribution in [0.2, 0.25) is 0 Å². The number of aliphatic carboxylic acids is 2. The SMILES string of the molecule is CSCCC(NC(=O)C(CC(=O)O)NC(=O)C(N)C(C)O)C(=O)O. The van der Waals surface area contributed by atoms with Gasteiger partial charge in [0.05, 0.1) is 12.5 Å². The number of hydrogen-bond acceptors (Lipinski definition) is 7. The second-order valence-corrected chi connectivity index (χ2v) is 6.09. The summed E-state index contributed by atoms with van der Waals surface area (Å²) in [6.07, 6.45) is -0.0415. The Kier molecular flexibility index (Phi) is 10.0. The number of nitrogens with one attached hydrogen (secondary N) is 2. The van der Waals surface area contributed by atoms with Crippen molar-refractivity contribution in [2.75, 3.05) is 12.0 Å². The standard InChI is InChI=1S/C13H23N3O7S/c1-6(17)10(14)12(21)16-8(5-9(18)19)11(20)15-7(13(22)23)3-4-24-2/h6-8,10,17H,3-5,14H2,1-2H3,(H,15,20)(H,16,21)(H,18,19)(H,22,23). The van der Waals surface area contributed by atoms with Crippen LogP contribution >= 0.6 is 11.8 Å². The molecule has 0 rings (SSSR count). The Morgan fingerprint density at radius 3 is 2.04 bits per heavy atom. The zero-order valence-corrected chi connectivity index (χ0v) is 14.2. The van der Waals surface area contributed by atoms with E-state index in [1.807, 2.05) is 0 Å². The lowest BCUT2D eigenvalue weighted by Gasteiger charge is -2.22. The lowest BCUT2D eigenvalue weighted by molar-refractivity contribution is -0.143. The number of carboxylic acid groups (broad SMARTS) is 2. The number of carbonyl (C=O) groups excluding carboxylic acids is 2. The van der Waals surface area contributed by atoms with E-state index in [2.05, 4.69) is 10.6 Å². The highest BCUT2D eigenvalue weighted by Crippen LogP contribution is 2.03. The molecule has 2 amide bonds. The zero-order chi connectivity index (χ0) is 18.9. The first kappa shape index (κ1) is 22.1. The number of aliphatic hydroxyl groups is 1. The largest absolute Gasteiger partial charge is 0.481 e. The maximum Gasteiger partial charge on any atom is 0.326 e. The Morgan fingerprint density at radius 2 is 1.62 bits per heavy atom. The quantitative estimate of drug-likeness (QED) is 0.241. The Morgan fingerprint density at radius 1 is 1.08 bits per heavy atom. The van der Waals surface area contributed by atoms with E-state index in [9.17, 15) is 24.3 Å². The summed E-state index contributed by atoms with van der Waals surface area (Å²) in [4.78, 5) is 45.9. The number of hydrogen-bond donors (Lipinski definition) is 6. The number of carboxylic acids is 2. The molecule has 0 aliphatic heterocycles. The topological polar surface area (TPSA) is 179 Å². The van der Waals surface area contributed by atoms with Crippen LogP contribution in [0.5, 0.6) is 0 Å². The molecular formula is C13H23N3O7S. The van der Waals surface area contributed by atoms with Gasteiger partial charge in [-0.1, -0.05) is 0 Å². The zero-order valence-electron chi connectivity index (χ0n) is 13.4. The lowest BCUT2D eigenvalue weighted by Crippen LogP contribution is -2.56. The molecule has 0 aliphatic carbocycles. The second kappa shape index (κ2) is 10.8. The van der Waals surface area contributed by atoms with E-state index in [-0.39, 0.29) is 6.42 Å². The van der Waals surface area contributed by atoms with Crippen LogP contribution in [0.15, 0.2) is 0 Å². The first-order chi connectivity index (χ1) is 11.1. The van der Waals surface area contributed by atoms with Crippen molar-refractivity contribution in [1.29, 1.82) is 0 Å². The van der Waals surface area contributed by atoms with Gasteiger partial charge in [0.1, 0.15) is 18.1 Å². The predicted octanol–water partition coefficient (Wildman–Crippen LogP) is -2.02. The average molecular weight is 365 g/mol. The molecule has 24 heavy (non-hydrogen) atoms. The summed E-state index contributed by atoms with van der Waals surface area (Å²) in [6, 6.07) is -4.06. The van der Waals surface area contributed by atoms with E-state index < -0.39 is 54.4 Å². The maximum absolute atomic E-state index is 12.1. The van der Waals surface area contributed by atoms with Crippen molar-refractivity contribution in [3.63, 3.8) is 0 Å². The van der Waals surface area contributed by atoms with Gasteiger partial charge in [-0.05, 0) is 25.4 Å². The third-order valence-corrected chi connectivity index (χ3v) is 3.70. The van der Waals surface area contributed by atoms with Crippen LogP contribution in [0.3, 0.4) is 0 Å². The van der Waals surface area contributed by atoms with Crippen LogP contribution in [-0.2, 0) is 19.2 Å². The van der Waals surface area contributed by atoms with Gasteiger partial charge < -0.3 is 31.7 Å². The molecule has 0 aliphatic rings. The Hall–Kier alpha value is -1.85. The van der Waals surface area contributed by atoms with E-state index >= 15 is 0 Å². The summed E-state index contributed by atoms with van der Waals surface area (Å²) in [5, 5.41) is 31.5. The summed E-state index contributed by atoms with van der Waals surface area (Å²) >= 11 is 1.39. The van der Waals surface area contributed by atoms with Crippen molar-refractivity contribution in [2.45, 2.75) is 44.0 Å². The number of rotatable bonds is 11. The molecule has 0 saturated carbocycles. The molecular weight excluding hydrogens is 342 g/mol. The van der Waals surface area contributed by atoms with Crippen LogP contribution in [0.25, 0.3) is 0 Å². The van der Waals surface area contributed by atoms with Crippen LogP contribution in [0.1, 0.15) is 19.8 Å². The molecule has 0 radical (unpaired) electrons. The molecule has 0 aromatic rings. The first-order valence-corrected chi connectivity index (χ1v) is 8.47. The molecule has 0 bridgehead atoms. The van der Waals surface area contributed by atoms with Gasteiger partial charge in [-0.15, -0.1) is 0 Å². The van der Waals surface area contributed by atoms with Gasteiger partial charge in [0.25, 0.3) is 0 Å². The van der Waals surface area contributed by atoms with Crippen molar-refractivity contribution in [3.05, 3.63) is 0 Å². The van der Waals surface area contributed by atoms with Crippen molar-refractivity contribution < 1.29 is 34.5 Å².